The van der Waals surface area contributed by atoms with Crippen molar-refractivity contribution in [1.82, 2.24) is 0 Å². The van der Waals surface area contributed by atoms with E-state index in [-0.39, 0.29) is 5.41 Å². The molecule has 0 saturated carbocycles. The van der Waals surface area contributed by atoms with Crippen LogP contribution in [0.5, 0.6) is 0 Å². The molecule has 0 bridgehead atoms. The van der Waals surface area contributed by atoms with Gasteiger partial charge in [-0.15, -0.1) is 0 Å². The highest BCUT2D eigenvalue weighted by atomic mass is 32.2. The molecule has 0 amide bonds. The van der Waals surface area contributed by atoms with Gasteiger partial charge >= 0.3 is 0 Å². The molecule has 1 aliphatic rings. The first-order chi connectivity index (χ1) is 13.8. The van der Waals surface area contributed by atoms with Crippen molar-refractivity contribution in [1.29, 1.82) is 0 Å². The molecule has 158 valence electrons. The zero-order valence-electron chi connectivity index (χ0n) is 19.7. The van der Waals surface area contributed by atoms with Gasteiger partial charge in [0.05, 0.1) is 0 Å². The van der Waals surface area contributed by atoms with Crippen LogP contribution in [-0.2, 0) is 5.41 Å². The van der Waals surface area contributed by atoms with Crippen LogP contribution in [0.2, 0.25) is 0 Å². The second-order valence-corrected chi connectivity index (χ2v) is 9.73. The number of thioether (sulfide) groups is 1. The molecular formula is C28H40S. The molecule has 0 nitrogen and oxygen atoms in total. The summed E-state index contributed by atoms with van der Waals surface area (Å²) in [5.41, 5.74) is 9.60. The molecule has 2 rings (SSSR count). The maximum atomic E-state index is 4.33. The highest BCUT2D eigenvalue weighted by Gasteiger charge is 2.29. The molecule has 1 heteroatoms. The van der Waals surface area contributed by atoms with Crippen LogP contribution in [0.15, 0.2) is 59.7 Å². The molecule has 1 aromatic carbocycles. The average molecular weight is 409 g/mol. The van der Waals surface area contributed by atoms with Crippen LogP contribution in [0.25, 0.3) is 5.57 Å². The van der Waals surface area contributed by atoms with Crippen LogP contribution in [0.4, 0.5) is 0 Å². The summed E-state index contributed by atoms with van der Waals surface area (Å²) >= 11 is 2.08. The smallest absolute Gasteiger partial charge is 0.0336 e. The highest BCUT2D eigenvalue weighted by Crippen LogP contribution is 2.40. The van der Waals surface area contributed by atoms with Crippen molar-refractivity contribution < 1.29 is 0 Å². The van der Waals surface area contributed by atoms with Gasteiger partial charge in [-0.05, 0) is 106 Å². The highest BCUT2D eigenvalue weighted by molar-refractivity contribution is 8.00. The Labute approximate surface area is 184 Å². The number of benzene rings is 1. The van der Waals surface area contributed by atoms with E-state index in [2.05, 4.69) is 103 Å². The van der Waals surface area contributed by atoms with E-state index in [1.54, 1.807) is 0 Å². The standard InChI is InChI=1S/C28H40S/c1-9-16-28(11-3,22(7)10-2)25-14-12-21(6)27(17-25)23(8)26(20(4)5)15-13-24-18-29-19-24/h9-10,12,14,16-17,24H,4,11,13,15,18-19H2,1-3,5-8H3/b16-9+,22-10+,26-23-. The quantitative estimate of drug-likeness (QED) is 0.291. The largest absolute Gasteiger partial charge is 0.161 e. The molecule has 0 radical (unpaired) electrons. The van der Waals surface area contributed by atoms with Gasteiger partial charge in [0.1, 0.15) is 0 Å². The van der Waals surface area contributed by atoms with Crippen molar-refractivity contribution in [3.63, 3.8) is 0 Å². The van der Waals surface area contributed by atoms with E-state index in [0.717, 1.165) is 18.8 Å². The average Bonchev–Trinajstić information content (AvgIpc) is 2.67. The van der Waals surface area contributed by atoms with Gasteiger partial charge in [-0.3, -0.25) is 0 Å². The molecule has 0 N–H and O–H groups in total. The predicted molar refractivity (Wildman–Crippen MR) is 135 cm³/mol. The summed E-state index contributed by atoms with van der Waals surface area (Å²) in [6, 6.07) is 7.08. The second-order valence-electron chi connectivity index (χ2n) is 8.65. The first kappa shape index (κ1) is 23.8. The molecular weight excluding hydrogens is 368 g/mol. The van der Waals surface area contributed by atoms with E-state index < -0.39 is 0 Å². The van der Waals surface area contributed by atoms with Gasteiger partial charge in [-0.25, -0.2) is 0 Å². The predicted octanol–water partition coefficient (Wildman–Crippen LogP) is 8.68. The number of allylic oxidation sites excluding steroid dienone is 7. The van der Waals surface area contributed by atoms with Crippen LogP contribution < -0.4 is 0 Å². The zero-order chi connectivity index (χ0) is 21.6. The Morgan fingerprint density at radius 1 is 1.21 bits per heavy atom. The Morgan fingerprint density at radius 2 is 1.90 bits per heavy atom. The van der Waals surface area contributed by atoms with Gasteiger partial charge in [-0.2, -0.15) is 11.8 Å². The maximum absolute atomic E-state index is 4.33. The molecule has 1 aliphatic heterocycles. The monoisotopic (exact) mass is 408 g/mol. The lowest BCUT2D eigenvalue weighted by Crippen LogP contribution is -2.24. The van der Waals surface area contributed by atoms with Crippen LogP contribution in [0.1, 0.15) is 77.5 Å². The SMILES string of the molecule is C=C(C)/C(CCC1CSC1)=C(/C)c1cc(C(/C=C/C)(CC)/C(C)=C/C)ccc1C. The Hall–Kier alpha value is -1.47. The van der Waals surface area contributed by atoms with Crippen LogP contribution in [-0.4, -0.2) is 11.5 Å². The molecule has 29 heavy (non-hydrogen) atoms. The molecule has 1 aromatic rings. The molecule has 1 fully saturated rings. The lowest BCUT2D eigenvalue weighted by Gasteiger charge is -2.33. The Balaban J connectivity index is 2.55. The topological polar surface area (TPSA) is 0 Å². The molecule has 0 spiro atoms. The van der Waals surface area contributed by atoms with Gasteiger partial charge in [-0.1, -0.05) is 61.1 Å². The lowest BCUT2D eigenvalue weighted by atomic mass is 9.71. The molecule has 1 saturated heterocycles. The Kier molecular flexibility index (Phi) is 8.64. The van der Waals surface area contributed by atoms with E-state index in [1.807, 2.05) is 0 Å². The summed E-state index contributed by atoms with van der Waals surface area (Å²) in [6.45, 7) is 19.9. The summed E-state index contributed by atoms with van der Waals surface area (Å²) in [5, 5.41) is 0. The van der Waals surface area contributed by atoms with E-state index >= 15 is 0 Å². The maximum Gasteiger partial charge on any atom is 0.0336 e. The first-order valence-electron chi connectivity index (χ1n) is 11.1. The van der Waals surface area contributed by atoms with E-state index in [1.165, 1.54) is 56.9 Å². The lowest BCUT2D eigenvalue weighted by molar-refractivity contribution is 0.579. The van der Waals surface area contributed by atoms with Crippen LogP contribution >= 0.6 is 11.8 Å². The fraction of sp³-hybridized carbons (Fsp3) is 0.500. The summed E-state index contributed by atoms with van der Waals surface area (Å²) < 4.78 is 0. The summed E-state index contributed by atoms with van der Waals surface area (Å²) in [4.78, 5) is 0. The minimum absolute atomic E-state index is 0.0290. The fourth-order valence-corrected chi connectivity index (χ4v) is 5.49. The Morgan fingerprint density at radius 3 is 2.38 bits per heavy atom. The van der Waals surface area contributed by atoms with Gasteiger partial charge in [0.25, 0.3) is 0 Å². The van der Waals surface area contributed by atoms with E-state index in [4.69, 9.17) is 0 Å². The third-order valence-corrected chi connectivity index (χ3v) is 8.19. The normalized spacial score (nSPS) is 18.4. The Bertz CT molecular complexity index is 817. The van der Waals surface area contributed by atoms with Crippen molar-refractivity contribution in [2.24, 2.45) is 5.92 Å². The molecule has 0 aromatic heterocycles. The minimum Gasteiger partial charge on any atom is -0.161 e. The zero-order valence-corrected chi connectivity index (χ0v) is 20.5. The number of rotatable bonds is 9. The molecule has 1 heterocycles. The van der Waals surface area contributed by atoms with Crippen molar-refractivity contribution in [3.8, 4) is 0 Å². The van der Waals surface area contributed by atoms with Crippen molar-refractivity contribution in [2.75, 3.05) is 11.5 Å². The molecule has 1 unspecified atom stereocenters. The van der Waals surface area contributed by atoms with E-state index in [9.17, 15) is 0 Å². The summed E-state index contributed by atoms with van der Waals surface area (Å²) in [6.07, 6.45) is 10.4. The van der Waals surface area contributed by atoms with E-state index in [0.29, 0.717) is 0 Å². The number of hydrogen-bond donors (Lipinski definition) is 0. The summed E-state index contributed by atoms with van der Waals surface area (Å²) in [5.74, 6) is 3.57. The summed E-state index contributed by atoms with van der Waals surface area (Å²) in [7, 11) is 0. The van der Waals surface area contributed by atoms with Crippen molar-refractivity contribution >= 4 is 17.3 Å². The second kappa shape index (κ2) is 10.5. The van der Waals surface area contributed by atoms with Crippen molar-refractivity contribution in [3.05, 3.63) is 76.4 Å². The third kappa shape index (κ3) is 5.18. The third-order valence-electron chi connectivity index (χ3n) is 6.78. The first-order valence-corrected chi connectivity index (χ1v) is 12.3. The van der Waals surface area contributed by atoms with Crippen LogP contribution in [0, 0.1) is 12.8 Å². The molecule has 0 aliphatic carbocycles. The van der Waals surface area contributed by atoms with Gasteiger partial charge < -0.3 is 0 Å². The minimum atomic E-state index is -0.0290. The number of aryl methyl sites for hydroxylation is 1. The van der Waals surface area contributed by atoms with Gasteiger partial charge in [0, 0.05) is 5.41 Å². The van der Waals surface area contributed by atoms with Gasteiger partial charge in [0.2, 0.25) is 0 Å². The van der Waals surface area contributed by atoms with Crippen LogP contribution in [0.3, 0.4) is 0 Å². The van der Waals surface area contributed by atoms with Gasteiger partial charge in [0.15, 0.2) is 0 Å². The van der Waals surface area contributed by atoms with Crippen molar-refractivity contribution in [2.45, 2.75) is 73.1 Å². The fourth-order valence-electron chi connectivity index (χ4n) is 4.58. The number of hydrogen-bond acceptors (Lipinski definition) is 1. The molecule has 1 atom stereocenters.